The zero-order valence-electron chi connectivity index (χ0n) is 13.2. The first-order valence-corrected chi connectivity index (χ1v) is 8.37. The molecule has 2 amide bonds. The van der Waals surface area contributed by atoms with Crippen molar-refractivity contribution in [1.29, 1.82) is 0 Å². The molecule has 1 aliphatic rings. The number of benzene rings is 2. The fourth-order valence-electron chi connectivity index (χ4n) is 2.98. The van der Waals surface area contributed by atoms with Gasteiger partial charge in [0.25, 0.3) is 5.91 Å². The molecule has 2 aromatic carbocycles. The van der Waals surface area contributed by atoms with Crippen molar-refractivity contribution in [2.45, 2.75) is 24.8 Å². The third-order valence-corrected chi connectivity index (χ3v) is 4.64. The van der Waals surface area contributed by atoms with Gasteiger partial charge in [-0.15, -0.1) is 0 Å². The maximum Gasteiger partial charge on any atom is 0.251 e. The molecular weight excluding hydrogens is 324 g/mol. The average molecular weight is 343 g/mol. The molecule has 0 aliphatic heterocycles. The summed E-state index contributed by atoms with van der Waals surface area (Å²) in [5.74, 6) is -0.496. The maximum atomic E-state index is 12.3. The van der Waals surface area contributed by atoms with E-state index in [4.69, 9.17) is 11.6 Å². The van der Waals surface area contributed by atoms with E-state index in [0.29, 0.717) is 10.6 Å². The molecule has 1 aliphatic carbocycles. The van der Waals surface area contributed by atoms with Gasteiger partial charge >= 0.3 is 0 Å². The van der Waals surface area contributed by atoms with Crippen LogP contribution < -0.4 is 10.6 Å². The Morgan fingerprint density at radius 3 is 2.42 bits per heavy atom. The van der Waals surface area contributed by atoms with E-state index < -0.39 is 0 Å². The monoisotopic (exact) mass is 342 g/mol. The Morgan fingerprint density at radius 1 is 1.04 bits per heavy atom. The summed E-state index contributed by atoms with van der Waals surface area (Å²) in [5, 5.41) is 6.21. The number of nitrogens with one attached hydrogen (secondary N) is 2. The van der Waals surface area contributed by atoms with Gasteiger partial charge in [0.05, 0.1) is 12.1 Å². The lowest BCUT2D eigenvalue weighted by Crippen LogP contribution is -2.53. The van der Waals surface area contributed by atoms with Crippen molar-refractivity contribution in [1.82, 2.24) is 10.6 Å². The largest absolute Gasteiger partial charge is 0.345 e. The Balaban J connectivity index is 1.58. The minimum Gasteiger partial charge on any atom is -0.345 e. The van der Waals surface area contributed by atoms with Crippen molar-refractivity contribution in [3.05, 3.63) is 70.7 Å². The molecule has 1 fully saturated rings. The van der Waals surface area contributed by atoms with Gasteiger partial charge in [-0.2, -0.15) is 0 Å². The van der Waals surface area contributed by atoms with E-state index >= 15 is 0 Å². The minimum atomic E-state index is -0.310. The fraction of sp³-hybridized carbons (Fsp3) is 0.263. The van der Waals surface area contributed by atoms with Gasteiger partial charge in [0.2, 0.25) is 5.91 Å². The summed E-state index contributed by atoms with van der Waals surface area (Å²) in [6.45, 7) is -0.0556. The van der Waals surface area contributed by atoms with E-state index in [0.717, 1.165) is 24.8 Å². The van der Waals surface area contributed by atoms with E-state index in [9.17, 15) is 9.59 Å². The van der Waals surface area contributed by atoms with Crippen molar-refractivity contribution in [2.24, 2.45) is 0 Å². The van der Waals surface area contributed by atoms with Gasteiger partial charge < -0.3 is 10.6 Å². The van der Waals surface area contributed by atoms with Crippen molar-refractivity contribution >= 4 is 23.4 Å². The average Bonchev–Trinajstić information content (AvgIpc) is 2.57. The molecule has 2 aromatic rings. The molecule has 0 aromatic heterocycles. The number of amides is 2. The molecule has 4 nitrogen and oxygen atoms in total. The van der Waals surface area contributed by atoms with Gasteiger partial charge in [0.1, 0.15) is 0 Å². The number of hydrogen-bond donors (Lipinski definition) is 2. The van der Waals surface area contributed by atoms with Crippen LogP contribution >= 0.6 is 11.6 Å². The van der Waals surface area contributed by atoms with Gasteiger partial charge in [-0.25, -0.2) is 0 Å². The molecule has 0 spiro atoms. The van der Waals surface area contributed by atoms with E-state index in [1.54, 1.807) is 24.3 Å². The van der Waals surface area contributed by atoms with Crippen LogP contribution in [0.15, 0.2) is 54.6 Å². The summed E-state index contributed by atoms with van der Waals surface area (Å²) in [5.41, 5.74) is 1.27. The highest BCUT2D eigenvalue weighted by Crippen LogP contribution is 2.40. The Morgan fingerprint density at radius 2 is 1.79 bits per heavy atom. The van der Waals surface area contributed by atoms with Crippen LogP contribution in [-0.2, 0) is 10.3 Å². The van der Waals surface area contributed by atoms with E-state index in [2.05, 4.69) is 10.6 Å². The van der Waals surface area contributed by atoms with Crippen molar-refractivity contribution in [2.75, 3.05) is 6.54 Å². The van der Waals surface area contributed by atoms with Crippen LogP contribution in [0.25, 0.3) is 0 Å². The quantitative estimate of drug-likeness (QED) is 0.876. The van der Waals surface area contributed by atoms with Gasteiger partial charge in [0.15, 0.2) is 0 Å². The molecule has 3 rings (SSSR count). The first kappa shape index (κ1) is 16.5. The second-order valence-electron chi connectivity index (χ2n) is 6.04. The van der Waals surface area contributed by atoms with Gasteiger partial charge in [-0.05, 0) is 43.0 Å². The Hall–Kier alpha value is -2.33. The van der Waals surface area contributed by atoms with Gasteiger partial charge in [0, 0.05) is 10.6 Å². The van der Waals surface area contributed by atoms with Crippen molar-refractivity contribution in [3.63, 3.8) is 0 Å². The van der Waals surface area contributed by atoms with Crippen LogP contribution in [0, 0.1) is 0 Å². The first-order valence-electron chi connectivity index (χ1n) is 7.99. The van der Waals surface area contributed by atoms with Crippen molar-refractivity contribution < 1.29 is 9.59 Å². The molecule has 0 radical (unpaired) electrons. The highest BCUT2D eigenvalue weighted by Gasteiger charge is 2.39. The Bertz CT molecular complexity index is 742. The third-order valence-electron chi connectivity index (χ3n) is 4.41. The molecule has 0 atom stereocenters. The van der Waals surface area contributed by atoms with Crippen LogP contribution in [0.2, 0.25) is 5.02 Å². The fourth-order valence-corrected chi connectivity index (χ4v) is 3.17. The van der Waals surface area contributed by atoms with E-state index in [-0.39, 0.29) is 23.9 Å². The van der Waals surface area contributed by atoms with Crippen LogP contribution in [0.4, 0.5) is 0 Å². The van der Waals surface area contributed by atoms with Crippen LogP contribution in [0.3, 0.4) is 0 Å². The van der Waals surface area contributed by atoms with Gasteiger partial charge in [-0.3, -0.25) is 9.59 Å². The molecule has 0 unspecified atom stereocenters. The summed E-state index contributed by atoms with van der Waals surface area (Å²) in [7, 11) is 0. The van der Waals surface area contributed by atoms with Crippen molar-refractivity contribution in [3.8, 4) is 0 Å². The molecule has 24 heavy (non-hydrogen) atoms. The highest BCUT2D eigenvalue weighted by molar-refractivity contribution is 6.30. The van der Waals surface area contributed by atoms with Crippen LogP contribution in [0.5, 0.6) is 0 Å². The summed E-state index contributed by atoms with van der Waals surface area (Å²) in [4.78, 5) is 24.3. The summed E-state index contributed by atoms with van der Waals surface area (Å²) >= 11 is 5.87. The van der Waals surface area contributed by atoms with E-state index in [1.807, 2.05) is 30.3 Å². The standard InChI is InChI=1S/C19H19ClN2O2/c20-16-9-4-6-14(12-16)18(24)21-13-17(23)22-19(10-5-11-19)15-7-2-1-3-8-15/h1-4,6-9,12H,5,10-11,13H2,(H,21,24)(H,22,23). The Labute approximate surface area is 146 Å². The van der Waals surface area contributed by atoms with E-state index in [1.165, 1.54) is 0 Å². The second kappa shape index (κ2) is 7.05. The van der Waals surface area contributed by atoms with Gasteiger partial charge in [-0.1, -0.05) is 48.0 Å². The zero-order valence-corrected chi connectivity index (χ0v) is 14.0. The van der Waals surface area contributed by atoms with Crippen LogP contribution in [0.1, 0.15) is 35.2 Å². The molecule has 1 saturated carbocycles. The smallest absolute Gasteiger partial charge is 0.251 e. The number of carbonyl (C=O) groups is 2. The Kier molecular flexibility index (Phi) is 4.86. The molecule has 5 heteroatoms. The number of halogens is 1. The number of carbonyl (C=O) groups excluding carboxylic acids is 2. The lowest BCUT2D eigenvalue weighted by atomic mass is 9.72. The molecule has 2 N–H and O–H groups in total. The minimum absolute atomic E-state index is 0.0556. The lowest BCUT2D eigenvalue weighted by Gasteiger charge is -2.43. The predicted octanol–water partition coefficient (Wildman–Crippen LogP) is 3.27. The number of hydrogen-bond acceptors (Lipinski definition) is 2. The SMILES string of the molecule is O=C(CNC(=O)c1cccc(Cl)c1)NC1(c2ccccc2)CCC1. The molecule has 0 bridgehead atoms. The predicted molar refractivity (Wildman–Crippen MR) is 93.9 cm³/mol. The topological polar surface area (TPSA) is 58.2 Å². The van der Waals surface area contributed by atoms with Crippen LogP contribution in [-0.4, -0.2) is 18.4 Å². The summed E-state index contributed by atoms with van der Waals surface area (Å²) < 4.78 is 0. The highest BCUT2D eigenvalue weighted by atomic mass is 35.5. The molecule has 0 saturated heterocycles. The maximum absolute atomic E-state index is 12.3. The molecular formula is C19H19ClN2O2. The summed E-state index contributed by atoms with van der Waals surface area (Å²) in [6.07, 6.45) is 2.93. The summed E-state index contributed by atoms with van der Waals surface area (Å²) in [6, 6.07) is 16.6. The molecule has 0 heterocycles. The first-order chi connectivity index (χ1) is 11.6. The normalized spacial score (nSPS) is 15.2. The second-order valence-corrected chi connectivity index (χ2v) is 6.48. The number of rotatable bonds is 5. The third kappa shape index (κ3) is 3.60. The lowest BCUT2D eigenvalue weighted by molar-refractivity contribution is -0.123. The molecule has 124 valence electrons. The zero-order chi connectivity index (χ0) is 17.0.